The molecule has 8 heteroatoms. The van der Waals surface area contributed by atoms with Gasteiger partial charge in [-0.05, 0) is 18.2 Å². The molecule has 0 aliphatic carbocycles. The summed E-state index contributed by atoms with van der Waals surface area (Å²) in [5.74, 6) is 0.936. The topological polar surface area (TPSA) is 105 Å². The standard InChI is InChI=1S/C15H16N6O2/c1-11(2)15(19-17-12-6-4-3-5-7-12)20-18-14-9-8-13(10-16-14)21(22)23/h3-11H,1-2H3,(H,16,18). The number of aromatic nitrogens is 1. The van der Waals surface area contributed by atoms with Crippen LogP contribution >= 0.6 is 0 Å². The zero-order chi connectivity index (χ0) is 16.7. The largest absolute Gasteiger partial charge is 0.287 e. The van der Waals surface area contributed by atoms with Crippen molar-refractivity contribution in [2.24, 2.45) is 21.2 Å². The number of hydrogen-bond donors (Lipinski definition) is 1. The summed E-state index contributed by atoms with van der Waals surface area (Å²) in [5.41, 5.74) is 3.38. The Hall–Kier alpha value is -3.16. The second-order valence-corrected chi connectivity index (χ2v) is 4.93. The van der Waals surface area contributed by atoms with Gasteiger partial charge in [0.05, 0.1) is 10.6 Å². The lowest BCUT2D eigenvalue weighted by Gasteiger charge is -2.04. The molecule has 0 amide bonds. The molecule has 2 aromatic rings. The molecule has 1 N–H and O–H groups in total. The molecule has 0 unspecified atom stereocenters. The zero-order valence-corrected chi connectivity index (χ0v) is 12.7. The second kappa shape index (κ2) is 7.74. The smallest absolute Gasteiger partial charge is 0.260 e. The van der Waals surface area contributed by atoms with Gasteiger partial charge in [0, 0.05) is 12.0 Å². The molecule has 0 aliphatic heterocycles. The maximum atomic E-state index is 10.6. The summed E-state index contributed by atoms with van der Waals surface area (Å²) in [4.78, 5) is 14.0. The van der Waals surface area contributed by atoms with Crippen LogP contribution in [0, 0.1) is 16.0 Å². The Kier molecular flexibility index (Phi) is 5.45. The Morgan fingerprint density at radius 3 is 2.52 bits per heavy atom. The van der Waals surface area contributed by atoms with Crippen LogP contribution in [0.25, 0.3) is 0 Å². The zero-order valence-electron chi connectivity index (χ0n) is 12.7. The molecule has 0 spiro atoms. The van der Waals surface area contributed by atoms with Crippen LogP contribution in [-0.2, 0) is 0 Å². The number of pyridine rings is 1. The number of hydrogen-bond acceptors (Lipinski definition) is 6. The van der Waals surface area contributed by atoms with Crippen LogP contribution in [0.2, 0.25) is 0 Å². The third-order valence-electron chi connectivity index (χ3n) is 2.78. The number of nitrogens with one attached hydrogen (secondary N) is 1. The van der Waals surface area contributed by atoms with Crippen molar-refractivity contribution in [3.05, 3.63) is 58.8 Å². The van der Waals surface area contributed by atoms with E-state index in [0.717, 1.165) is 5.69 Å². The van der Waals surface area contributed by atoms with Gasteiger partial charge in [-0.15, -0.1) is 10.2 Å². The number of anilines is 1. The summed E-state index contributed by atoms with van der Waals surface area (Å²) in [6.45, 7) is 3.88. The van der Waals surface area contributed by atoms with Gasteiger partial charge in [-0.25, -0.2) is 4.98 Å². The van der Waals surface area contributed by atoms with Crippen molar-refractivity contribution in [1.82, 2.24) is 4.98 Å². The Morgan fingerprint density at radius 2 is 1.96 bits per heavy atom. The van der Waals surface area contributed by atoms with E-state index in [0.29, 0.717) is 11.7 Å². The molecular weight excluding hydrogens is 296 g/mol. The van der Waals surface area contributed by atoms with Crippen molar-refractivity contribution in [3.63, 3.8) is 0 Å². The van der Waals surface area contributed by atoms with Crippen LogP contribution < -0.4 is 5.43 Å². The van der Waals surface area contributed by atoms with Crippen LogP contribution in [-0.4, -0.2) is 15.7 Å². The third kappa shape index (κ3) is 4.95. The minimum absolute atomic E-state index is 0.0491. The van der Waals surface area contributed by atoms with Crippen molar-refractivity contribution in [2.75, 3.05) is 5.43 Å². The van der Waals surface area contributed by atoms with E-state index in [1.54, 1.807) is 0 Å². The van der Waals surface area contributed by atoms with Crippen LogP contribution in [0.15, 0.2) is 64.0 Å². The van der Waals surface area contributed by atoms with Gasteiger partial charge in [-0.2, -0.15) is 5.10 Å². The fourth-order valence-electron chi connectivity index (χ4n) is 1.55. The van der Waals surface area contributed by atoms with Crippen molar-refractivity contribution >= 4 is 23.0 Å². The van der Waals surface area contributed by atoms with E-state index in [2.05, 4.69) is 25.7 Å². The number of nitrogens with zero attached hydrogens (tertiary/aromatic N) is 5. The quantitative estimate of drug-likeness (QED) is 0.294. The first kappa shape index (κ1) is 16.2. The van der Waals surface area contributed by atoms with E-state index in [1.165, 1.54) is 18.3 Å². The first-order valence-corrected chi connectivity index (χ1v) is 6.97. The summed E-state index contributed by atoms with van der Waals surface area (Å²) < 4.78 is 0. The first-order valence-electron chi connectivity index (χ1n) is 6.97. The number of benzene rings is 1. The van der Waals surface area contributed by atoms with Gasteiger partial charge in [-0.3, -0.25) is 15.5 Å². The molecule has 0 aliphatic rings. The van der Waals surface area contributed by atoms with Crippen LogP contribution in [0.3, 0.4) is 0 Å². The maximum absolute atomic E-state index is 10.6. The molecule has 118 valence electrons. The Balaban J connectivity index is 2.09. The molecule has 1 heterocycles. The van der Waals surface area contributed by atoms with E-state index < -0.39 is 4.92 Å². The van der Waals surface area contributed by atoms with Gasteiger partial charge in [0.25, 0.3) is 5.69 Å². The minimum atomic E-state index is -0.506. The van der Waals surface area contributed by atoms with Crippen LogP contribution in [0.5, 0.6) is 0 Å². The molecule has 0 atom stereocenters. The van der Waals surface area contributed by atoms with E-state index in [9.17, 15) is 10.1 Å². The predicted molar refractivity (Wildman–Crippen MR) is 87.7 cm³/mol. The Labute approximate surface area is 133 Å². The summed E-state index contributed by atoms with van der Waals surface area (Å²) >= 11 is 0. The highest BCUT2D eigenvalue weighted by Gasteiger charge is 2.07. The number of rotatable bonds is 5. The predicted octanol–water partition coefficient (Wildman–Crippen LogP) is 4.16. The van der Waals surface area contributed by atoms with Gasteiger partial charge in [-0.1, -0.05) is 32.0 Å². The maximum Gasteiger partial charge on any atom is 0.287 e. The van der Waals surface area contributed by atoms with Crippen molar-refractivity contribution in [2.45, 2.75) is 13.8 Å². The fourth-order valence-corrected chi connectivity index (χ4v) is 1.55. The first-order chi connectivity index (χ1) is 11.1. The Bertz CT molecular complexity index is 711. The number of nitro groups is 1. The number of azo groups is 1. The highest BCUT2D eigenvalue weighted by molar-refractivity contribution is 5.85. The number of amidine groups is 1. The van der Waals surface area contributed by atoms with E-state index in [-0.39, 0.29) is 11.6 Å². The molecule has 2 rings (SSSR count). The highest BCUT2D eigenvalue weighted by Crippen LogP contribution is 2.14. The van der Waals surface area contributed by atoms with Gasteiger partial charge in [0.15, 0.2) is 5.84 Å². The van der Waals surface area contributed by atoms with Crippen molar-refractivity contribution in [3.8, 4) is 0 Å². The summed E-state index contributed by atoms with van der Waals surface area (Å²) in [5, 5.41) is 23.0. The van der Waals surface area contributed by atoms with Crippen molar-refractivity contribution < 1.29 is 4.92 Å². The second-order valence-electron chi connectivity index (χ2n) is 4.93. The molecule has 0 saturated heterocycles. The molecule has 8 nitrogen and oxygen atoms in total. The lowest BCUT2D eigenvalue weighted by atomic mass is 10.2. The molecule has 1 aromatic carbocycles. The molecular formula is C15H16N6O2. The molecule has 0 saturated carbocycles. The molecule has 1 aromatic heterocycles. The van der Waals surface area contributed by atoms with Crippen LogP contribution in [0.1, 0.15) is 13.8 Å². The monoisotopic (exact) mass is 312 g/mol. The number of hydrazone groups is 1. The normalized spacial score (nSPS) is 11.9. The molecule has 0 bridgehead atoms. The molecule has 23 heavy (non-hydrogen) atoms. The van der Waals surface area contributed by atoms with E-state index in [1.807, 2.05) is 44.2 Å². The molecule has 0 fully saturated rings. The lowest BCUT2D eigenvalue weighted by molar-refractivity contribution is -0.385. The Morgan fingerprint density at radius 1 is 1.22 bits per heavy atom. The van der Waals surface area contributed by atoms with Crippen molar-refractivity contribution in [1.29, 1.82) is 0 Å². The molecule has 0 radical (unpaired) electrons. The SMILES string of the molecule is CC(C)C(N=Nc1ccccc1)=NNc1ccc([N+](=O)[O-])cn1. The minimum Gasteiger partial charge on any atom is -0.260 e. The average Bonchev–Trinajstić information content (AvgIpc) is 2.56. The highest BCUT2D eigenvalue weighted by atomic mass is 16.6. The van der Waals surface area contributed by atoms with Gasteiger partial charge < -0.3 is 0 Å². The summed E-state index contributed by atoms with van der Waals surface area (Å²) in [6.07, 6.45) is 1.17. The average molecular weight is 312 g/mol. The van der Waals surface area contributed by atoms with Gasteiger partial charge >= 0.3 is 0 Å². The van der Waals surface area contributed by atoms with Crippen LogP contribution in [0.4, 0.5) is 17.2 Å². The summed E-state index contributed by atoms with van der Waals surface area (Å²) in [7, 11) is 0. The van der Waals surface area contributed by atoms with E-state index >= 15 is 0 Å². The lowest BCUT2D eigenvalue weighted by Crippen LogP contribution is -2.07. The van der Waals surface area contributed by atoms with Gasteiger partial charge in [0.2, 0.25) is 0 Å². The summed E-state index contributed by atoms with van der Waals surface area (Å²) in [6, 6.07) is 12.2. The van der Waals surface area contributed by atoms with Gasteiger partial charge in [0.1, 0.15) is 12.0 Å². The third-order valence-corrected chi connectivity index (χ3v) is 2.78. The van der Waals surface area contributed by atoms with E-state index in [4.69, 9.17) is 0 Å². The fraction of sp³-hybridized carbons (Fsp3) is 0.200.